The maximum absolute atomic E-state index is 5.87. The summed E-state index contributed by atoms with van der Waals surface area (Å²) < 4.78 is 5.27. The lowest BCUT2D eigenvalue weighted by molar-refractivity contribution is 0.363. The highest BCUT2D eigenvalue weighted by Gasteiger charge is 2.07. The lowest BCUT2D eigenvalue weighted by atomic mass is 10.3. The lowest BCUT2D eigenvalue weighted by Gasteiger charge is -2.08. The van der Waals surface area contributed by atoms with Gasteiger partial charge in [-0.05, 0) is 18.2 Å². The molecule has 2 N–H and O–H groups in total. The number of ether oxygens (including phenoxy) is 1. The number of hydrogen-bond acceptors (Lipinski definition) is 2. The first-order chi connectivity index (χ1) is 6.65. The molecule has 0 heterocycles. The summed E-state index contributed by atoms with van der Waals surface area (Å²) >= 11 is 17.1. The molecule has 0 saturated heterocycles. The minimum atomic E-state index is 0.312. The van der Waals surface area contributed by atoms with E-state index in [9.17, 15) is 0 Å². The molecule has 0 saturated carbocycles. The summed E-state index contributed by atoms with van der Waals surface area (Å²) in [4.78, 5) is 0. The first kappa shape index (κ1) is 11.5. The Bertz CT molecular complexity index is 329. The third kappa shape index (κ3) is 2.98. The van der Waals surface area contributed by atoms with Crippen LogP contribution in [-0.4, -0.2) is 6.61 Å². The van der Waals surface area contributed by atoms with Gasteiger partial charge in [0.2, 0.25) is 0 Å². The fraction of sp³-hybridized carbons (Fsp3) is 0.111. The molecule has 0 spiro atoms. The van der Waals surface area contributed by atoms with E-state index in [0.717, 1.165) is 0 Å². The van der Waals surface area contributed by atoms with Gasteiger partial charge in [-0.15, -0.1) is 0 Å². The van der Waals surface area contributed by atoms with E-state index in [1.54, 1.807) is 18.2 Å². The van der Waals surface area contributed by atoms with Crippen LogP contribution in [0.3, 0.4) is 0 Å². The van der Waals surface area contributed by atoms with Gasteiger partial charge in [-0.2, -0.15) is 0 Å². The first-order valence-electron chi connectivity index (χ1n) is 3.77. The van der Waals surface area contributed by atoms with Crippen LogP contribution in [0.25, 0.3) is 0 Å². The molecule has 0 aromatic heterocycles. The maximum atomic E-state index is 5.87. The zero-order valence-electron chi connectivity index (χ0n) is 7.14. The van der Waals surface area contributed by atoms with E-state index in [2.05, 4.69) is 0 Å². The minimum absolute atomic E-state index is 0.312. The number of nitrogens with two attached hydrogens (primary N) is 1. The van der Waals surface area contributed by atoms with E-state index < -0.39 is 0 Å². The molecule has 0 atom stereocenters. The minimum Gasteiger partial charge on any atom is -0.486 e. The number of halogens is 3. The molecule has 76 valence electrons. The molecular formula is C9H8Cl3NO. The molecule has 0 amide bonds. The Morgan fingerprint density at radius 1 is 1.29 bits per heavy atom. The van der Waals surface area contributed by atoms with Crippen LogP contribution >= 0.6 is 34.8 Å². The molecule has 0 aliphatic heterocycles. The van der Waals surface area contributed by atoms with E-state index in [1.807, 2.05) is 0 Å². The summed E-state index contributed by atoms with van der Waals surface area (Å²) in [6.45, 7) is 0.312. The van der Waals surface area contributed by atoms with Crippen molar-refractivity contribution in [3.05, 3.63) is 33.8 Å². The molecule has 0 aliphatic rings. The molecule has 0 radical (unpaired) electrons. The maximum Gasteiger partial charge on any atom is 0.157 e. The van der Waals surface area contributed by atoms with E-state index in [4.69, 9.17) is 45.3 Å². The summed E-state index contributed by atoms with van der Waals surface area (Å²) in [5, 5.41) is 0.774. The Morgan fingerprint density at radius 3 is 2.36 bits per heavy atom. The van der Waals surface area contributed by atoms with Crippen LogP contribution in [0, 0.1) is 0 Å². The van der Waals surface area contributed by atoms with Crippen molar-refractivity contribution in [2.75, 3.05) is 12.3 Å². The van der Waals surface area contributed by atoms with Crippen molar-refractivity contribution in [3.8, 4) is 5.75 Å². The van der Waals surface area contributed by atoms with E-state index in [-0.39, 0.29) is 0 Å². The van der Waals surface area contributed by atoms with Crippen LogP contribution in [0.4, 0.5) is 5.69 Å². The Kier molecular flexibility index (Phi) is 4.39. The Hall–Kier alpha value is -0.570. The molecule has 0 unspecified atom stereocenters. The van der Waals surface area contributed by atoms with Crippen molar-refractivity contribution in [1.82, 2.24) is 0 Å². The lowest BCUT2D eigenvalue weighted by Crippen LogP contribution is -1.96. The predicted molar refractivity (Wildman–Crippen MR) is 61.4 cm³/mol. The van der Waals surface area contributed by atoms with Crippen molar-refractivity contribution in [3.63, 3.8) is 0 Å². The van der Waals surface area contributed by atoms with Crippen LogP contribution in [0.1, 0.15) is 0 Å². The summed E-state index contributed by atoms with van der Waals surface area (Å²) in [5.41, 5.74) is 7.38. The molecule has 0 bridgehead atoms. The zero-order valence-corrected chi connectivity index (χ0v) is 9.40. The normalized spacial score (nSPS) is 10.8. The number of rotatable bonds is 3. The van der Waals surface area contributed by atoms with Crippen molar-refractivity contribution in [1.29, 1.82) is 0 Å². The van der Waals surface area contributed by atoms with Crippen LogP contribution in [0.2, 0.25) is 10.0 Å². The molecule has 0 aliphatic carbocycles. The molecule has 0 fully saturated rings. The van der Waals surface area contributed by atoms with Crippen LogP contribution in [-0.2, 0) is 0 Å². The average Bonchev–Trinajstić information content (AvgIpc) is 2.09. The molecule has 1 rings (SSSR count). The van der Waals surface area contributed by atoms with E-state index in [0.29, 0.717) is 28.1 Å². The Balaban J connectivity index is 2.85. The topological polar surface area (TPSA) is 35.2 Å². The van der Waals surface area contributed by atoms with Gasteiger partial charge in [-0.3, -0.25) is 0 Å². The highest BCUT2D eigenvalue weighted by Crippen LogP contribution is 2.34. The van der Waals surface area contributed by atoms with Gasteiger partial charge >= 0.3 is 0 Å². The smallest absolute Gasteiger partial charge is 0.157 e. The van der Waals surface area contributed by atoms with Gasteiger partial charge in [-0.25, -0.2) is 0 Å². The van der Waals surface area contributed by atoms with Crippen LogP contribution in [0.5, 0.6) is 5.75 Å². The Morgan fingerprint density at radius 2 is 1.86 bits per heavy atom. The van der Waals surface area contributed by atoms with Gasteiger partial charge in [0, 0.05) is 11.2 Å². The second kappa shape index (κ2) is 5.35. The first-order valence-corrected chi connectivity index (χ1v) is 4.97. The molecule has 2 nitrogen and oxygen atoms in total. The van der Waals surface area contributed by atoms with Gasteiger partial charge in [0.1, 0.15) is 6.61 Å². The third-order valence-corrected chi connectivity index (χ3v) is 2.17. The quantitative estimate of drug-likeness (QED) is 0.833. The van der Waals surface area contributed by atoms with Gasteiger partial charge in [0.05, 0.1) is 10.0 Å². The highest BCUT2D eigenvalue weighted by molar-refractivity contribution is 6.37. The van der Waals surface area contributed by atoms with Gasteiger partial charge < -0.3 is 10.5 Å². The highest BCUT2D eigenvalue weighted by atomic mass is 35.5. The van der Waals surface area contributed by atoms with Gasteiger partial charge in [0.15, 0.2) is 5.75 Å². The fourth-order valence-electron chi connectivity index (χ4n) is 0.885. The molecule has 1 aromatic rings. The third-order valence-electron chi connectivity index (χ3n) is 1.43. The number of hydrogen-bond donors (Lipinski definition) is 1. The van der Waals surface area contributed by atoms with Crippen molar-refractivity contribution >= 4 is 40.5 Å². The summed E-state index contributed by atoms with van der Waals surface area (Å²) in [6.07, 6.45) is 1.63. The van der Waals surface area contributed by atoms with Crippen LogP contribution in [0.15, 0.2) is 23.7 Å². The molecule has 5 heteroatoms. The van der Waals surface area contributed by atoms with Gasteiger partial charge in [-0.1, -0.05) is 34.8 Å². The summed E-state index contributed by atoms with van der Waals surface area (Å²) in [6, 6.07) is 3.15. The number of anilines is 1. The van der Waals surface area contributed by atoms with Crippen molar-refractivity contribution < 1.29 is 4.74 Å². The molecule has 1 aromatic carbocycles. The largest absolute Gasteiger partial charge is 0.486 e. The molecular weight excluding hydrogens is 244 g/mol. The zero-order chi connectivity index (χ0) is 10.6. The fourth-order valence-corrected chi connectivity index (χ4v) is 1.57. The SMILES string of the molecule is Nc1cc(Cl)c(OC/C=C/Cl)c(Cl)c1. The van der Waals surface area contributed by atoms with Crippen molar-refractivity contribution in [2.24, 2.45) is 0 Å². The number of nitrogen functional groups attached to an aromatic ring is 1. The standard InChI is InChI=1S/C9H8Cl3NO/c10-2-1-3-14-9-7(11)4-6(13)5-8(9)12/h1-2,4-5H,3,13H2/b2-1+. The average molecular weight is 253 g/mol. The van der Waals surface area contributed by atoms with Crippen molar-refractivity contribution in [2.45, 2.75) is 0 Å². The monoisotopic (exact) mass is 251 g/mol. The second-order valence-corrected chi connectivity index (χ2v) is 3.55. The molecule has 14 heavy (non-hydrogen) atoms. The summed E-state index contributed by atoms with van der Waals surface area (Å²) in [7, 11) is 0. The number of benzene rings is 1. The van der Waals surface area contributed by atoms with Crippen LogP contribution < -0.4 is 10.5 Å². The second-order valence-electron chi connectivity index (χ2n) is 2.49. The van der Waals surface area contributed by atoms with E-state index in [1.165, 1.54) is 5.54 Å². The van der Waals surface area contributed by atoms with E-state index >= 15 is 0 Å². The summed E-state index contributed by atoms with van der Waals surface area (Å²) in [5.74, 6) is 0.414. The Labute approximate surface area is 97.2 Å². The predicted octanol–water partition coefficient (Wildman–Crippen LogP) is 3.71. The van der Waals surface area contributed by atoms with Gasteiger partial charge in [0.25, 0.3) is 0 Å².